The number of aromatic nitrogens is 1. The smallest absolute Gasteiger partial charge is 0.255 e. The minimum absolute atomic E-state index is 0.129. The van der Waals surface area contributed by atoms with Crippen LogP contribution >= 0.6 is 22.6 Å². The lowest BCUT2D eigenvalue weighted by molar-refractivity contribution is 0.102. The second-order valence-corrected chi connectivity index (χ2v) is 7.46. The monoisotopic (exact) mass is 468 g/mol. The number of aryl methyl sites for hydroxylation is 1. The SMILES string of the molecule is CCc1ccc2oc(-c3ccc(NC(=O)c4cccc(I)c4)cc3)nc2c1. The average molecular weight is 468 g/mol. The number of rotatable bonds is 4. The Morgan fingerprint density at radius 2 is 1.89 bits per heavy atom. The number of nitrogens with one attached hydrogen (secondary N) is 1. The maximum atomic E-state index is 12.4. The average Bonchev–Trinajstić information content (AvgIpc) is 3.11. The molecule has 27 heavy (non-hydrogen) atoms. The number of hydrogen-bond donors (Lipinski definition) is 1. The third-order valence-electron chi connectivity index (χ3n) is 4.34. The second-order valence-electron chi connectivity index (χ2n) is 6.22. The maximum Gasteiger partial charge on any atom is 0.255 e. The Morgan fingerprint density at radius 3 is 2.63 bits per heavy atom. The van der Waals surface area contributed by atoms with Gasteiger partial charge < -0.3 is 9.73 Å². The second kappa shape index (κ2) is 7.52. The van der Waals surface area contributed by atoms with Gasteiger partial charge in [0.25, 0.3) is 5.91 Å². The first kappa shape index (κ1) is 17.7. The maximum absolute atomic E-state index is 12.4. The lowest BCUT2D eigenvalue weighted by Crippen LogP contribution is -2.11. The molecule has 0 aliphatic carbocycles. The molecule has 4 nitrogen and oxygen atoms in total. The van der Waals surface area contributed by atoms with Crippen LogP contribution in [0.1, 0.15) is 22.8 Å². The van der Waals surface area contributed by atoms with Gasteiger partial charge in [0.2, 0.25) is 5.89 Å². The third-order valence-corrected chi connectivity index (χ3v) is 5.01. The number of nitrogens with zero attached hydrogens (tertiary/aromatic N) is 1. The number of anilines is 1. The van der Waals surface area contributed by atoms with E-state index in [0.717, 1.165) is 32.3 Å². The Bertz CT molecular complexity index is 1120. The summed E-state index contributed by atoms with van der Waals surface area (Å²) in [4.78, 5) is 16.9. The number of hydrogen-bond acceptors (Lipinski definition) is 3. The van der Waals surface area contributed by atoms with Crippen molar-refractivity contribution in [1.29, 1.82) is 0 Å². The van der Waals surface area contributed by atoms with Crippen LogP contribution in [0.3, 0.4) is 0 Å². The largest absolute Gasteiger partial charge is 0.436 e. The molecule has 4 rings (SSSR count). The zero-order chi connectivity index (χ0) is 18.8. The van der Waals surface area contributed by atoms with Crippen molar-refractivity contribution in [3.05, 3.63) is 81.4 Å². The third kappa shape index (κ3) is 3.88. The molecule has 0 aliphatic heterocycles. The summed E-state index contributed by atoms with van der Waals surface area (Å²) in [6.07, 6.45) is 0.965. The number of amides is 1. The summed E-state index contributed by atoms with van der Waals surface area (Å²) >= 11 is 2.19. The molecule has 0 bridgehead atoms. The topological polar surface area (TPSA) is 55.1 Å². The summed E-state index contributed by atoms with van der Waals surface area (Å²) < 4.78 is 6.88. The molecule has 1 N–H and O–H groups in total. The standard InChI is InChI=1S/C22H17IN2O2/c1-2-14-6-11-20-19(12-14)25-22(27-20)15-7-9-18(10-8-15)24-21(26)16-4-3-5-17(23)13-16/h3-13H,2H2,1H3,(H,24,26). The Kier molecular flexibility index (Phi) is 4.94. The van der Waals surface area contributed by atoms with Gasteiger partial charge in [0.15, 0.2) is 5.58 Å². The molecule has 4 aromatic rings. The van der Waals surface area contributed by atoms with Gasteiger partial charge in [0.05, 0.1) is 0 Å². The quantitative estimate of drug-likeness (QED) is 0.379. The fourth-order valence-corrected chi connectivity index (χ4v) is 3.39. The highest BCUT2D eigenvalue weighted by Crippen LogP contribution is 2.26. The molecule has 1 heterocycles. The normalized spacial score (nSPS) is 10.9. The van der Waals surface area contributed by atoms with Gasteiger partial charge in [-0.3, -0.25) is 4.79 Å². The van der Waals surface area contributed by atoms with Gasteiger partial charge in [0, 0.05) is 20.4 Å². The number of carbonyl (C=O) groups excluding carboxylic acids is 1. The van der Waals surface area contributed by atoms with Gasteiger partial charge in [0.1, 0.15) is 5.52 Å². The van der Waals surface area contributed by atoms with E-state index < -0.39 is 0 Å². The molecule has 0 atom stereocenters. The minimum atomic E-state index is -0.129. The molecule has 5 heteroatoms. The van der Waals surface area contributed by atoms with Gasteiger partial charge in [-0.05, 0) is 89.2 Å². The molecule has 0 aliphatic rings. The van der Waals surface area contributed by atoms with Gasteiger partial charge >= 0.3 is 0 Å². The summed E-state index contributed by atoms with van der Waals surface area (Å²) in [6, 6.07) is 21.1. The molecule has 0 saturated heterocycles. The summed E-state index contributed by atoms with van der Waals surface area (Å²) in [5, 5.41) is 2.91. The molecule has 0 spiro atoms. The summed E-state index contributed by atoms with van der Waals surface area (Å²) in [5.41, 5.74) is 5.11. The van der Waals surface area contributed by atoms with Gasteiger partial charge in [-0.2, -0.15) is 0 Å². The Hall–Kier alpha value is -2.67. The molecular weight excluding hydrogens is 451 g/mol. The first-order valence-electron chi connectivity index (χ1n) is 8.69. The van der Waals surface area contributed by atoms with Crippen LogP contribution in [-0.2, 0) is 6.42 Å². The van der Waals surface area contributed by atoms with Crippen molar-refractivity contribution in [2.24, 2.45) is 0 Å². The Balaban J connectivity index is 1.54. The first-order chi connectivity index (χ1) is 13.1. The number of halogens is 1. The molecule has 0 saturated carbocycles. The van der Waals surface area contributed by atoms with Crippen LogP contribution in [-0.4, -0.2) is 10.9 Å². The van der Waals surface area contributed by atoms with Crippen LogP contribution in [0.25, 0.3) is 22.6 Å². The van der Waals surface area contributed by atoms with E-state index in [1.54, 1.807) is 6.07 Å². The molecule has 3 aromatic carbocycles. The van der Waals surface area contributed by atoms with E-state index in [9.17, 15) is 4.79 Å². The van der Waals surface area contributed by atoms with Crippen molar-refractivity contribution in [2.45, 2.75) is 13.3 Å². The molecule has 0 radical (unpaired) electrons. The van der Waals surface area contributed by atoms with E-state index in [1.165, 1.54) is 5.56 Å². The fraction of sp³-hybridized carbons (Fsp3) is 0.0909. The summed E-state index contributed by atoms with van der Waals surface area (Å²) in [7, 11) is 0. The van der Waals surface area contributed by atoms with Crippen LogP contribution < -0.4 is 5.32 Å². The van der Waals surface area contributed by atoms with E-state index in [0.29, 0.717) is 11.5 Å². The van der Waals surface area contributed by atoms with E-state index in [4.69, 9.17) is 4.42 Å². The van der Waals surface area contributed by atoms with Gasteiger partial charge in [-0.1, -0.05) is 19.1 Å². The molecule has 134 valence electrons. The highest BCUT2D eigenvalue weighted by Gasteiger charge is 2.10. The van der Waals surface area contributed by atoms with E-state index in [1.807, 2.05) is 48.5 Å². The van der Waals surface area contributed by atoms with Crippen LogP contribution in [0.2, 0.25) is 0 Å². The van der Waals surface area contributed by atoms with Crippen molar-refractivity contribution in [1.82, 2.24) is 4.98 Å². The number of benzene rings is 3. The zero-order valence-corrected chi connectivity index (χ0v) is 16.9. The molecule has 1 amide bonds. The van der Waals surface area contributed by atoms with E-state index >= 15 is 0 Å². The predicted molar refractivity (Wildman–Crippen MR) is 116 cm³/mol. The van der Waals surface area contributed by atoms with E-state index in [-0.39, 0.29) is 5.91 Å². The Morgan fingerprint density at radius 1 is 1.07 bits per heavy atom. The van der Waals surface area contributed by atoms with Gasteiger partial charge in [-0.15, -0.1) is 0 Å². The first-order valence-corrected chi connectivity index (χ1v) is 9.77. The molecule has 0 unspecified atom stereocenters. The van der Waals surface area contributed by atoms with Crippen molar-refractivity contribution in [3.63, 3.8) is 0 Å². The lowest BCUT2D eigenvalue weighted by Gasteiger charge is -2.06. The minimum Gasteiger partial charge on any atom is -0.436 e. The highest BCUT2D eigenvalue weighted by molar-refractivity contribution is 14.1. The zero-order valence-electron chi connectivity index (χ0n) is 14.7. The predicted octanol–water partition coefficient (Wildman–Crippen LogP) is 5.91. The Labute approximate surface area is 170 Å². The molecular formula is C22H17IN2O2. The van der Waals surface area contributed by atoms with E-state index in [2.05, 4.69) is 51.9 Å². The number of fused-ring (bicyclic) bond motifs is 1. The number of carbonyl (C=O) groups is 1. The molecule has 0 fully saturated rings. The van der Waals surface area contributed by atoms with Crippen LogP contribution in [0.15, 0.2) is 71.1 Å². The van der Waals surface area contributed by atoms with Crippen LogP contribution in [0.5, 0.6) is 0 Å². The van der Waals surface area contributed by atoms with Crippen LogP contribution in [0.4, 0.5) is 5.69 Å². The molecule has 1 aromatic heterocycles. The van der Waals surface area contributed by atoms with Crippen molar-refractivity contribution >= 4 is 45.3 Å². The lowest BCUT2D eigenvalue weighted by atomic mass is 10.1. The summed E-state index contributed by atoms with van der Waals surface area (Å²) in [5.74, 6) is 0.448. The van der Waals surface area contributed by atoms with Crippen LogP contribution in [0, 0.1) is 3.57 Å². The van der Waals surface area contributed by atoms with Crippen molar-refractivity contribution in [3.8, 4) is 11.5 Å². The number of oxazole rings is 1. The summed E-state index contributed by atoms with van der Waals surface area (Å²) in [6.45, 7) is 2.12. The fourth-order valence-electron chi connectivity index (χ4n) is 2.85. The van der Waals surface area contributed by atoms with Crippen molar-refractivity contribution < 1.29 is 9.21 Å². The van der Waals surface area contributed by atoms with Gasteiger partial charge in [-0.25, -0.2) is 4.98 Å². The highest BCUT2D eigenvalue weighted by atomic mass is 127. The van der Waals surface area contributed by atoms with Crippen molar-refractivity contribution in [2.75, 3.05) is 5.32 Å².